The van der Waals surface area contributed by atoms with E-state index in [1.165, 1.54) is 6.07 Å². The Balaban J connectivity index is 2.62. The molecule has 7 heteroatoms. The number of hydrogen-bond acceptors (Lipinski definition) is 4. The lowest BCUT2D eigenvalue weighted by Crippen LogP contribution is -2.32. The van der Waals surface area contributed by atoms with E-state index >= 15 is 0 Å². The van der Waals surface area contributed by atoms with Crippen LogP contribution < -0.4 is 10.6 Å². The molecule has 0 aliphatic rings. The van der Waals surface area contributed by atoms with Gasteiger partial charge >= 0.3 is 0 Å². The maximum absolute atomic E-state index is 11.5. The van der Waals surface area contributed by atoms with Crippen molar-refractivity contribution >= 4 is 39.9 Å². The largest absolute Gasteiger partial charge is 0.371 e. The summed E-state index contributed by atoms with van der Waals surface area (Å²) in [5.41, 5.74) is 0.327. The number of halogens is 1. The lowest BCUT2D eigenvalue weighted by Gasteiger charge is -2.09. The Morgan fingerprint density at radius 2 is 2.16 bits per heavy atom. The fourth-order valence-corrected chi connectivity index (χ4v) is 1.84. The number of carbonyl (C=O) groups excluding carboxylic acids is 1. The number of nitrogens with one attached hydrogen (secondary N) is 2. The predicted molar refractivity (Wildman–Crippen MR) is 82.2 cm³/mol. The standard InChI is InChI=1S/C12H16IN3O3/c1-8(2)6-15-12(17)7-14-10-4-3-9(13)5-11(10)16(18)19/h3-5,8,14H,6-7H2,1-2H3,(H,15,17). The molecule has 0 aromatic heterocycles. The van der Waals surface area contributed by atoms with Gasteiger partial charge in [-0.2, -0.15) is 0 Å². The summed E-state index contributed by atoms with van der Waals surface area (Å²) in [5, 5.41) is 16.4. The summed E-state index contributed by atoms with van der Waals surface area (Å²) in [6.45, 7) is 4.61. The molecule has 1 rings (SSSR count). The molecule has 1 aromatic carbocycles. The highest BCUT2D eigenvalue weighted by Crippen LogP contribution is 2.25. The second kappa shape index (κ2) is 7.27. The summed E-state index contributed by atoms with van der Waals surface area (Å²) in [6.07, 6.45) is 0. The van der Waals surface area contributed by atoms with E-state index in [4.69, 9.17) is 0 Å². The summed E-state index contributed by atoms with van der Waals surface area (Å²) in [5.74, 6) is 0.193. The summed E-state index contributed by atoms with van der Waals surface area (Å²) < 4.78 is 0.777. The third kappa shape index (κ3) is 5.41. The Morgan fingerprint density at radius 3 is 2.74 bits per heavy atom. The Labute approximate surface area is 125 Å². The highest BCUT2D eigenvalue weighted by atomic mass is 127. The maximum Gasteiger partial charge on any atom is 0.293 e. The summed E-state index contributed by atoms with van der Waals surface area (Å²) >= 11 is 2.01. The number of nitrogens with zero attached hydrogens (tertiary/aromatic N) is 1. The van der Waals surface area contributed by atoms with Crippen LogP contribution in [0.4, 0.5) is 11.4 Å². The van der Waals surface area contributed by atoms with E-state index in [9.17, 15) is 14.9 Å². The van der Waals surface area contributed by atoms with Gasteiger partial charge in [-0.1, -0.05) is 13.8 Å². The number of anilines is 1. The van der Waals surface area contributed by atoms with Crippen LogP contribution in [0, 0.1) is 19.6 Å². The summed E-state index contributed by atoms with van der Waals surface area (Å²) in [7, 11) is 0. The second-order valence-corrected chi connectivity index (χ2v) is 5.72. The molecule has 104 valence electrons. The molecule has 19 heavy (non-hydrogen) atoms. The third-order valence-corrected chi connectivity index (χ3v) is 2.97. The van der Waals surface area contributed by atoms with Crippen LogP contribution in [0.15, 0.2) is 18.2 Å². The molecule has 0 fully saturated rings. The van der Waals surface area contributed by atoms with E-state index in [0.29, 0.717) is 18.2 Å². The first-order valence-corrected chi connectivity index (χ1v) is 6.92. The van der Waals surface area contributed by atoms with E-state index in [0.717, 1.165) is 3.57 Å². The minimum Gasteiger partial charge on any atom is -0.371 e. The minimum atomic E-state index is -0.462. The number of carbonyl (C=O) groups is 1. The fourth-order valence-electron chi connectivity index (χ4n) is 1.36. The quantitative estimate of drug-likeness (QED) is 0.453. The topological polar surface area (TPSA) is 84.3 Å². The Hall–Kier alpha value is -1.38. The monoisotopic (exact) mass is 377 g/mol. The number of nitro benzene ring substituents is 1. The molecule has 6 nitrogen and oxygen atoms in total. The van der Waals surface area contributed by atoms with Crippen LogP contribution in [0.5, 0.6) is 0 Å². The molecule has 2 N–H and O–H groups in total. The maximum atomic E-state index is 11.5. The van der Waals surface area contributed by atoms with Crippen molar-refractivity contribution in [3.05, 3.63) is 31.9 Å². The van der Waals surface area contributed by atoms with Crippen molar-refractivity contribution < 1.29 is 9.72 Å². The SMILES string of the molecule is CC(C)CNC(=O)CNc1ccc(I)cc1[N+](=O)[O-]. The lowest BCUT2D eigenvalue weighted by atomic mass is 10.2. The van der Waals surface area contributed by atoms with Gasteiger partial charge in [0.15, 0.2) is 0 Å². The molecule has 0 saturated carbocycles. The van der Waals surface area contributed by atoms with Crippen LogP contribution in [-0.4, -0.2) is 23.9 Å². The average Bonchev–Trinajstić information content (AvgIpc) is 2.34. The number of hydrogen-bond donors (Lipinski definition) is 2. The van der Waals surface area contributed by atoms with Crippen molar-refractivity contribution in [2.45, 2.75) is 13.8 Å². The molecule has 1 amide bonds. The first-order chi connectivity index (χ1) is 8.90. The summed E-state index contributed by atoms with van der Waals surface area (Å²) in [4.78, 5) is 22.0. The van der Waals surface area contributed by atoms with E-state index in [-0.39, 0.29) is 18.1 Å². The molecular weight excluding hydrogens is 361 g/mol. The zero-order valence-electron chi connectivity index (χ0n) is 10.8. The van der Waals surface area contributed by atoms with Crippen molar-refractivity contribution in [2.75, 3.05) is 18.4 Å². The highest BCUT2D eigenvalue weighted by Gasteiger charge is 2.14. The van der Waals surface area contributed by atoms with Crippen LogP contribution in [-0.2, 0) is 4.79 Å². The van der Waals surface area contributed by atoms with Gasteiger partial charge in [0.2, 0.25) is 5.91 Å². The molecule has 0 atom stereocenters. The number of nitro groups is 1. The zero-order valence-corrected chi connectivity index (χ0v) is 12.9. The number of rotatable bonds is 6. The second-order valence-electron chi connectivity index (χ2n) is 4.47. The summed E-state index contributed by atoms with van der Waals surface area (Å²) in [6, 6.07) is 4.83. The van der Waals surface area contributed by atoms with Gasteiger partial charge in [-0.15, -0.1) is 0 Å². The smallest absolute Gasteiger partial charge is 0.293 e. The Bertz CT molecular complexity index is 477. The first kappa shape index (κ1) is 15.7. The average molecular weight is 377 g/mol. The van der Waals surface area contributed by atoms with Crippen LogP contribution >= 0.6 is 22.6 Å². The Morgan fingerprint density at radius 1 is 1.47 bits per heavy atom. The van der Waals surface area contributed by atoms with E-state index in [1.807, 2.05) is 36.4 Å². The molecule has 0 spiro atoms. The van der Waals surface area contributed by atoms with Crippen LogP contribution in [0.2, 0.25) is 0 Å². The van der Waals surface area contributed by atoms with Gasteiger partial charge in [0.1, 0.15) is 5.69 Å². The predicted octanol–water partition coefficient (Wildman–Crippen LogP) is 2.38. The molecule has 1 aromatic rings. The van der Waals surface area contributed by atoms with Crippen molar-refractivity contribution in [3.8, 4) is 0 Å². The van der Waals surface area contributed by atoms with E-state index in [2.05, 4.69) is 10.6 Å². The molecule has 0 heterocycles. The molecule has 0 aliphatic carbocycles. The fraction of sp³-hybridized carbons (Fsp3) is 0.417. The highest BCUT2D eigenvalue weighted by molar-refractivity contribution is 14.1. The third-order valence-electron chi connectivity index (χ3n) is 2.30. The molecule has 0 saturated heterocycles. The molecule has 0 aliphatic heterocycles. The molecule has 0 radical (unpaired) electrons. The van der Waals surface area contributed by atoms with Gasteiger partial charge in [0, 0.05) is 16.2 Å². The van der Waals surface area contributed by atoms with Crippen molar-refractivity contribution in [1.29, 1.82) is 0 Å². The van der Waals surface area contributed by atoms with Crippen LogP contribution in [0.25, 0.3) is 0 Å². The molecule has 0 unspecified atom stereocenters. The molecule has 0 bridgehead atoms. The normalized spacial score (nSPS) is 10.3. The van der Waals surface area contributed by atoms with Crippen molar-refractivity contribution in [3.63, 3.8) is 0 Å². The molecular formula is C12H16IN3O3. The van der Waals surface area contributed by atoms with Gasteiger partial charge in [-0.05, 0) is 40.6 Å². The lowest BCUT2D eigenvalue weighted by molar-refractivity contribution is -0.384. The van der Waals surface area contributed by atoms with Crippen LogP contribution in [0.1, 0.15) is 13.8 Å². The number of amides is 1. The van der Waals surface area contributed by atoms with E-state index < -0.39 is 4.92 Å². The van der Waals surface area contributed by atoms with Gasteiger partial charge in [-0.25, -0.2) is 0 Å². The van der Waals surface area contributed by atoms with Gasteiger partial charge < -0.3 is 10.6 Å². The minimum absolute atomic E-state index is 0.0220. The first-order valence-electron chi connectivity index (χ1n) is 5.84. The van der Waals surface area contributed by atoms with Gasteiger partial charge in [0.25, 0.3) is 5.69 Å². The zero-order chi connectivity index (χ0) is 14.4. The van der Waals surface area contributed by atoms with Gasteiger partial charge in [0.05, 0.1) is 11.5 Å². The number of benzene rings is 1. The van der Waals surface area contributed by atoms with Crippen molar-refractivity contribution in [1.82, 2.24) is 5.32 Å². The van der Waals surface area contributed by atoms with E-state index in [1.54, 1.807) is 12.1 Å². The Kier molecular flexibility index (Phi) is 6.00. The van der Waals surface area contributed by atoms with Gasteiger partial charge in [-0.3, -0.25) is 14.9 Å². The van der Waals surface area contributed by atoms with Crippen LogP contribution in [0.3, 0.4) is 0 Å². The van der Waals surface area contributed by atoms with Crippen molar-refractivity contribution in [2.24, 2.45) is 5.92 Å².